The number of hydrogen-bond donors (Lipinski definition) is 0. The number of hydrogen-bond acceptors (Lipinski definition) is 1. The van der Waals surface area contributed by atoms with E-state index in [9.17, 15) is 4.79 Å². The van der Waals surface area contributed by atoms with E-state index in [1.807, 2.05) is 32.0 Å². The quantitative estimate of drug-likeness (QED) is 0.621. The van der Waals surface area contributed by atoms with Crippen LogP contribution in [0.4, 0.5) is 0 Å². The Morgan fingerprint density at radius 1 is 0.900 bits per heavy atom. The Labute approximate surface area is 135 Å². The van der Waals surface area contributed by atoms with Gasteiger partial charge < -0.3 is 0 Å². The standard InChI is InChI=1S/C17H19OP.Li.H/c1-11-9-13(3)16(14(4)10-11)17(18)19-15-8-6-5-7-12(15)2;;/h5-10,19H,1-4H3;;. The summed E-state index contributed by atoms with van der Waals surface area (Å²) < 4.78 is 0. The minimum absolute atomic E-state index is 0. The van der Waals surface area contributed by atoms with Crippen LogP contribution in [0.5, 0.6) is 0 Å². The summed E-state index contributed by atoms with van der Waals surface area (Å²) in [5, 5.41) is 1.15. The zero-order chi connectivity index (χ0) is 14.0. The van der Waals surface area contributed by atoms with Crippen molar-refractivity contribution in [2.24, 2.45) is 0 Å². The molecule has 0 aliphatic carbocycles. The number of rotatable bonds is 3. The minimum atomic E-state index is 0. The van der Waals surface area contributed by atoms with Crippen molar-refractivity contribution in [3.63, 3.8) is 0 Å². The fraction of sp³-hybridized carbons (Fsp3) is 0.235. The van der Waals surface area contributed by atoms with Gasteiger partial charge in [-0.25, -0.2) is 0 Å². The van der Waals surface area contributed by atoms with Gasteiger partial charge in [-0.2, -0.15) is 0 Å². The topological polar surface area (TPSA) is 17.1 Å². The molecule has 0 radical (unpaired) electrons. The van der Waals surface area contributed by atoms with Gasteiger partial charge in [-0.05, 0) is 58.3 Å². The first-order chi connectivity index (χ1) is 8.99. The molecule has 1 atom stereocenters. The summed E-state index contributed by atoms with van der Waals surface area (Å²) in [6.45, 7) is 8.17. The SMILES string of the molecule is Cc1cc(C)c(C(=O)Pc2ccccc2C)c(C)c1.[LiH]. The third-order valence-corrected chi connectivity index (χ3v) is 4.60. The predicted octanol–water partition coefficient (Wildman–Crippen LogP) is 3.42. The molecule has 0 N–H and O–H groups in total. The Morgan fingerprint density at radius 2 is 1.45 bits per heavy atom. The van der Waals surface area contributed by atoms with Crippen molar-refractivity contribution in [2.45, 2.75) is 27.7 Å². The Balaban J connectivity index is 0.00000200. The summed E-state index contributed by atoms with van der Waals surface area (Å²) in [6, 6.07) is 12.3. The molecular formula is C17H20LiOP. The van der Waals surface area contributed by atoms with Crippen molar-refractivity contribution >= 4 is 38.3 Å². The van der Waals surface area contributed by atoms with E-state index < -0.39 is 0 Å². The molecule has 0 aromatic heterocycles. The first-order valence-corrected chi connectivity index (χ1v) is 7.44. The molecule has 0 fully saturated rings. The van der Waals surface area contributed by atoms with Crippen LogP contribution in [0.1, 0.15) is 32.6 Å². The molecule has 2 aromatic rings. The fourth-order valence-electron chi connectivity index (χ4n) is 2.44. The van der Waals surface area contributed by atoms with E-state index in [0.29, 0.717) is 0 Å². The van der Waals surface area contributed by atoms with Gasteiger partial charge >= 0.3 is 18.9 Å². The normalized spacial score (nSPS) is 10.6. The zero-order valence-corrected chi connectivity index (χ0v) is 12.9. The Bertz CT molecular complexity index is 612. The molecule has 0 spiro atoms. The Morgan fingerprint density at radius 3 is 2.00 bits per heavy atom. The van der Waals surface area contributed by atoms with Gasteiger partial charge in [-0.15, -0.1) is 0 Å². The molecule has 3 heteroatoms. The molecule has 0 aliphatic rings. The van der Waals surface area contributed by atoms with Crippen molar-refractivity contribution in [1.82, 2.24) is 0 Å². The van der Waals surface area contributed by atoms with E-state index >= 15 is 0 Å². The molecule has 1 nitrogen and oxygen atoms in total. The van der Waals surface area contributed by atoms with Crippen LogP contribution in [-0.4, -0.2) is 24.4 Å². The van der Waals surface area contributed by atoms with Crippen molar-refractivity contribution in [3.8, 4) is 0 Å². The summed E-state index contributed by atoms with van der Waals surface area (Å²) in [5.41, 5.74) is 5.71. The predicted molar refractivity (Wildman–Crippen MR) is 91.3 cm³/mol. The van der Waals surface area contributed by atoms with E-state index in [1.165, 1.54) is 11.1 Å². The first-order valence-electron chi connectivity index (χ1n) is 6.44. The first kappa shape index (κ1) is 17.2. The van der Waals surface area contributed by atoms with Gasteiger partial charge in [0.05, 0.1) is 0 Å². The van der Waals surface area contributed by atoms with Gasteiger partial charge in [0.25, 0.3) is 0 Å². The second kappa shape index (κ2) is 7.23. The Hall–Kier alpha value is -0.863. The number of aryl methyl sites for hydroxylation is 4. The van der Waals surface area contributed by atoms with E-state index in [1.54, 1.807) is 0 Å². The molecule has 100 valence electrons. The van der Waals surface area contributed by atoms with Gasteiger partial charge in [-0.3, -0.25) is 4.79 Å². The maximum absolute atomic E-state index is 12.5. The van der Waals surface area contributed by atoms with E-state index in [0.717, 1.165) is 22.0 Å². The van der Waals surface area contributed by atoms with E-state index in [2.05, 4.69) is 32.0 Å². The summed E-state index contributed by atoms with van der Waals surface area (Å²) in [7, 11) is 0.205. The summed E-state index contributed by atoms with van der Waals surface area (Å²) in [6.07, 6.45) is 0. The van der Waals surface area contributed by atoms with Crippen LogP contribution in [0, 0.1) is 27.7 Å². The van der Waals surface area contributed by atoms with Gasteiger partial charge in [0.15, 0.2) is 5.52 Å². The van der Waals surface area contributed by atoms with Crippen LogP contribution in [0.25, 0.3) is 0 Å². The molecule has 0 saturated heterocycles. The van der Waals surface area contributed by atoms with Crippen LogP contribution in [0.3, 0.4) is 0 Å². The molecule has 20 heavy (non-hydrogen) atoms. The summed E-state index contributed by atoms with van der Waals surface area (Å²) >= 11 is 0. The van der Waals surface area contributed by atoms with Crippen LogP contribution in [0.15, 0.2) is 36.4 Å². The van der Waals surface area contributed by atoms with Crippen LogP contribution < -0.4 is 5.30 Å². The molecule has 0 saturated carbocycles. The second-order valence-electron chi connectivity index (χ2n) is 5.04. The molecule has 0 bridgehead atoms. The monoisotopic (exact) mass is 278 g/mol. The molecule has 1 unspecified atom stereocenters. The maximum atomic E-state index is 12.5. The van der Waals surface area contributed by atoms with Crippen LogP contribution in [-0.2, 0) is 0 Å². The van der Waals surface area contributed by atoms with Gasteiger partial charge in [-0.1, -0.05) is 42.0 Å². The summed E-state index contributed by atoms with van der Waals surface area (Å²) in [4.78, 5) is 12.5. The molecule has 0 amide bonds. The third-order valence-electron chi connectivity index (χ3n) is 3.30. The van der Waals surface area contributed by atoms with Gasteiger partial charge in [0, 0.05) is 5.56 Å². The van der Waals surface area contributed by atoms with E-state index in [-0.39, 0.29) is 33.0 Å². The number of carbonyl (C=O) groups is 1. The average Bonchev–Trinajstić information content (AvgIpc) is 2.30. The number of carbonyl (C=O) groups excluding carboxylic acids is 1. The van der Waals surface area contributed by atoms with Crippen molar-refractivity contribution in [1.29, 1.82) is 0 Å². The Kier molecular flexibility index (Phi) is 6.22. The third kappa shape index (κ3) is 3.83. The average molecular weight is 278 g/mol. The van der Waals surface area contributed by atoms with Gasteiger partial charge in [0.2, 0.25) is 0 Å². The number of benzene rings is 2. The van der Waals surface area contributed by atoms with Crippen molar-refractivity contribution in [2.75, 3.05) is 0 Å². The van der Waals surface area contributed by atoms with E-state index in [4.69, 9.17) is 0 Å². The fourth-order valence-corrected chi connectivity index (χ4v) is 3.66. The zero-order valence-electron chi connectivity index (χ0n) is 11.9. The van der Waals surface area contributed by atoms with Crippen molar-refractivity contribution < 1.29 is 4.79 Å². The second-order valence-corrected chi connectivity index (χ2v) is 6.29. The van der Waals surface area contributed by atoms with Gasteiger partial charge in [0.1, 0.15) is 0 Å². The van der Waals surface area contributed by atoms with Crippen LogP contribution in [0.2, 0.25) is 0 Å². The van der Waals surface area contributed by atoms with Crippen LogP contribution >= 0.6 is 8.58 Å². The van der Waals surface area contributed by atoms with Crippen molar-refractivity contribution in [3.05, 3.63) is 64.2 Å². The molecule has 0 aliphatic heterocycles. The molecule has 0 heterocycles. The molecular weight excluding hydrogens is 258 g/mol. The summed E-state index contributed by atoms with van der Waals surface area (Å²) in [5.74, 6) is 0. The molecule has 2 aromatic carbocycles. The molecule has 2 rings (SSSR count).